The topological polar surface area (TPSA) is 26.0 Å². The molecule has 4 aliphatic rings. The predicted octanol–water partition coefficient (Wildman–Crippen LogP) is 3.32. The Morgan fingerprint density at radius 2 is 1.53 bits per heavy atom. The summed E-state index contributed by atoms with van der Waals surface area (Å²) >= 11 is 3.55. The summed E-state index contributed by atoms with van der Waals surface area (Å²) in [4.78, 5) is 0. The highest BCUT2D eigenvalue weighted by Crippen LogP contribution is 2.61. The van der Waals surface area contributed by atoms with Gasteiger partial charge in [-0.3, -0.25) is 0 Å². The third kappa shape index (κ3) is 1.68. The molecule has 0 radical (unpaired) electrons. The van der Waals surface area contributed by atoms with Gasteiger partial charge >= 0.3 is 0 Å². The van der Waals surface area contributed by atoms with Crippen molar-refractivity contribution in [2.45, 2.75) is 51.0 Å². The molecule has 1 nitrogen and oxygen atoms in total. The zero-order valence-electron chi connectivity index (χ0n) is 9.42. The first-order valence-corrected chi connectivity index (χ1v) is 7.65. The summed E-state index contributed by atoms with van der Waals surface area (Å²) in [6.45, 7) is 0. The highest BCUT2D eigenvalue weighted by Gasteiger charge is 2.52. The van der Waals surface area contributed by atoms with Crippen LogP contribution < -0.4 is 5.73 Å². The third-order valence-electron chi connectivity index (χ3n) is 5.29. The van der Waals surface area contributed by atoms with E-state index < -0.39 is 0 Å². The maximum Gasteiger partial charge on any atom is 0.0104 e. The van der Waals surface area contributed by atoms with Gasteiger partial charge in [-0.05, 0) is 68.1 Å². The second kappa shape index (κ2) is 3.73. The van der Waals surface area contributed by atoms with Crippen molar-refractivity contribution in [1.29, 1.82) is 0 Å². The zero-order chi connectivity index (χ0) is 10.5. The van der Waals surface area contributed by atoms with Gasteiger partial charge in [0.25, 0.3) is 0 Å². The Labute approximate surface area is 101 Å². The van der Waals surface area contributed by atoms with E-state index in [4.69, 9.17) is 5.73 Å². The molecule has 0 aromatic heterocycles. The number of rotatable bonds is 3. The molecule has 15 heavy (non-hydrogen) atoms. The van der Waals surface area contributed by atoms with E-state index in [-0.39, 0.29) is 0 Å². The molecule has 1 atom stereocenters. The summed E-state index contributed by atoms with van der Waals surface area (Å²) < 4.78 is 0. The fourth-order valence-corrected chi connectivity index (χ4v) is 5.55. The maximum atomic E-state index is 6.45. The van der Waals surface area contributed by atoms with Crippen LogP contribution in [0.15, 0.2) is 0 Å². The van der Waals surface area contributed by atoms with Crippen LogP contribution in [-0.4, -0.2) is 11.4 Å². The highest BCUT2D eigenvalue weighted by atomic mass is 79.9. The van der Waals surface area contributed by atoms with E-state index in [1.54, 1.807) is 0 Å². The van der Waals surface area contributed by atoms with Crippen LogP contribution in [0.2, 0.25) is 0 Å². The normalized spacial score (nSPS) is 49.6. The standard InChI is InChI=1S/C13H22BrN/c14-2-1-12(15)13-6-9-3-10(7-13)5-11(4-9)8-13/h9-12H,1-8,15H2. The molecule has 86 valence electrons. The molecule has 0 aromatic rings. The van der Waals surface area contributed by atoms with Gasteiger partial charge in [0, 0.05) is 11.4 Å². The fraction of sp³-hybridized carbons (Fsp3) is 1.00. The van der Waals surface area contributed by atoms with Crippen LogP contribution >= 0.6 is 15.9 Å². The van der Waals surface area contributed by atoms with E-state index in [0.29, 0.717) is 11.5 Å². The predicted molar refractivity (Wildman–Crippen MR) is 67.0 cm³/mol. The summed E-state index contributed by atoms with van der Waals surface area (Å²) in [5.41, 5.74) is 7.01. The molecule has 2 heteroatoms. The van der Waals surface area contributed by atoms with Crippen LogP contribution in [0, 0.1) is 23.2 Å². The largest absolute Gasteiger partial charge is 0.327 e. The number of halogens is 1. The van der Waals surface area contributed by atoms with Gasteiger partial charge in [-0.15, -0.1) is 0 Å². The Balaban J connectivity index is 1.80. The van der Waals surface area contributed by atoms with Crippen molar-refractivity contribution in [2.24, 2.45) is 28.9 Å². The van der Waals surface area contributed by atoms with Crippen molar-refractivity contribution in [3.05, 3.63) is 0 Å². The molecule has 4 rings (SSSR count). The lowest BCUT2D eigenvalue weighted by molar-refractivity contribution is -0.0671. The minimum absolute atomic E-state index is 0.463. The van der Waals surface area contributed by atoms with Crippen molar-refractivity contribution in [2.75, 3.05) is 5.33 Å². The quantitative estimate of drug-likeness (QED) is 0.784. The van der Waals surface area contributed by atoms with Crippen LogP contribution in [-0.2, 0) is 0 Å². The summed E-state index contributed by atoms with van der Waals surface area (Å²) in [6, 6.07) is 0.463. The lowest BCUT2D eigenvalue weighted by Gasteiger charge is -2.59. The van der Waals surface area contributed by atoms with Gasteiger partial charge in [-0.2, -0.15) is 0 Å². The molecular weight excluding hydrogens is 250 g/mol. The molecule has 0 amide bonds. The molecule has 0 saturated heterocycles. The van der Waals surface area contributed by atoms with Gasteiger partial charge in [0.15, 0.2) is 0 Å². The SMILES string of the molecule is NC(CCBr)C12CC3CC(CC(C3)C1)C2. The van der Waals surface area contributed by atoms with Crippen molar-refractivity contribution in [3.8, 4) is 0 Å². The lowest BCUT2D eigenvalue weighted by atomic mass is 9.47. The number of hydrogen-bond donors (Lipinski definition) is 1. The lowest BCUT2D eigenvalue weighted by Crippen LogP contribution is -2.54. The highest BCUT2D eigenvalue weighted by molar-refractivity contribution is 9.09. The summed E-state index contributed by atoms with van der Waals surface area (Å²) in [5, 5.41) is 1.08. The average Bonchev–Trinajstić information content (AvgIpc) is 2.15. The summed E-state index contributed by atoms with van der Waals surface area (Å²) in [6.07, 6.45) is 10.1. The molecule has 0 spiro atoms. The first kappa shape index (κ1) is 10.6. The summed E-state index contributed by atoms with van der Waals surface area (Å²) in [5.74, 6) is 3.12. The molecule has 4 aliphatic carbocycles. The van der Waals surface area contributed by atoms with Gasteiger partial charge in [-0.1, -0.05) is 15.9 Å². The smallest absolute Gasteiger partial charge is 0.0104 e. The third-order valence-corrected chi connectivity index (χ3v) is 5.75. The van der Waals surface area contributed by atoms with Gasteiger partial charge in [-0.25, -0.2) is 0 Å². The monoisotopic (exact) mass is 271 g/mol. The Morgan fingerprint density at radius 1 is 1.07 bits per heavy atom. The zero-order valence-corrected chi connectivity index (χ0v) is 11.0. The van der Waals surface area contributed by atoms with Crippen molar-refractivity contribution in [1.82, 2.24) is 0 Å². The van der Waals surface area contributed by atoms with Crippen LogP contribution in [0.3, 0.4) is 0 Å². The Bertz CT molecular complexity index is 216. The average molecular weight is 272 g/mol. The van der Waals surface area contributed by atoms with E-state index in [2.05, 4.69) is 15.9 Å². The van der Waals surface area contributed by atoms with E-state index in [9.17, 15) is 0 Å². The van der Waals surface area contributed by atoms with Crippen LogP contribution in [0.4, 0.5) is 0 Å². The summed E-state index contributed by atoms with van der Waals surface area (Å²) in [7, 11) is 0. The Morgan fingerprint density at radius 3 is 1.93 bits per heavy atom. The van der Waals surface area contributed by atoms with Gasteiger partial charge < -0.3 is 5.73 Å². The molecule has 4 bridgehead atoms. The van der Waals surface area contributed by atoms with E-state index in [1.165, 1.54) is 44.9 Å². The van der Waals surface area contributed by atoms with Crippen LogP contribution in [0.1, 0.15) is 44.9 Å². The van der Waals surface area contributed by atoms with Crippen molar-refractivity contribution in [3.63, 3.8) is 0 Å². The molecule has 1 unspecified atom stereocenters. The second-order valence-corrected chi connectivity index (χ2v) is 7.16. The van der Waals surface area contributed by atoms with E-state index in [1.807, 2.05) is 0 Å². The molecular formula is C13H22BrN. The molecule has 0 aliphatic heterocycles. The maximum absolute atomic E-state index is 6.45. The molecule has 4 fully saturated rings. The Hall–Kier alpha value is 0.440. The van der Waals surface area contributed by atoms with Gasteiger partial charge in [0.2, 0.25) is 0 Å². The number of alkyl halides is 1. The van der Waals surface area contributed by atoms with Crippen LogP contribution in [0.5, 0.6) is 0 Å². The van der Waals surface area contributed by atoms with Crippen molar-refractivity contribution >= 4 is 15.9 Å². The Kier molecular flexibility index (Phi) is 2.63. The number of hydrogen-bond acceptors (Lipinski definition) is 1. The van der Waals surface area contributed by atoms with Crippen LogP contribution in [0.25, 0.3) is 0 Å². The number of nitrogens with two attached hydrogens (primary N) is 1. The minimum atomic E-state index is 0.463. The fourth-order valence-electron chi connectivity index (χ4n) is 5.06. The van der Waals surface area contributed by atoms with Crippen molar-refractivity contribution < 1.29 is 0 Å². The van der Waals surface area contributed by atoms with Gasteiger partial charge in [0.1, 0.15) is 0 Å². The second-order valence-electron chi connectivity index (χ2n) is 6.36. The van der Waals surface area contributed by atoms with Gasteiger partial charge in [0.05, 0.1) is 0 Å². The van der Waals surface area contributed by atoms with E-state index in [0.717, 1.165) is 23.1 Å². The molecule has 0 heterocycles. The van der Waals surface area contributed by atoms with E-state index >= 15 is 0 Å². The minimum Gasteiger partial charge on any atom is -0.327 e. The molecule has 2 N–H and O–H groups in total. The first-order chi connectivity index (χ1) is 7.22. The molecule has 4 saturated carbocycles. The first-order valence-electron chi connectivity index (χ1n) is 6.53. The molecule has 0 aromatic carbocycles.